The van der Waals surface area contributed by atoms with Gasteiger partial charge in [0.2, 0.25) is 5.91 Å². The van der Waals surface area contributed by atoms with E-state index >= 15 is 0 Å². The lowest BCUT2D eigenvalue weighted by molar-refractivity contribution is -0.121. The second-order valence-electron chi connectivity index (χ2n) is 9.40. The number of piperidine rings is 1. The minimum Gasteiger partial charge on any atom is -0.355 e. The molecule has 0 aliphatic carbocycles. The summed E-state index contributed by atoms with van der Waals surface area (Å²) in [4.78, 5) is 42.1. The molecule has 0 saturated carbocycles. The van der Waals surface area contributed by atoms with Crippen molar-refractivity contribution < 1.29 is 14.4 Å². The summed E-state index contributed by atoms with van der Waals surface area (Å²) in [6.07, 6.45) is 4.73. The van der Waals surface area contributed by atoms with Crippen LogP contribution in [0.3, 0.4) is 0 Å². The van der Waals surface area contributed by atoms with Crippen LogP contribution in [-0.2, 0) is 17.9 Å². The maximum absolute atomic E-state index is 13.2. The smallest absolute Gasteiger partial charge is 0.272 e. The fraction of sp³-hybridized carbons (Fsp3) is 0.538. The van der Waals surface area contributed by atoms with Crippen LogP contribution in [-0.4, -0.2) is 76.6 Å². The molecule has 0 spiro atoms. The van der Waals surface area contributed by atoms with Gasteiger partial charge >= 0.3 is 0 Å². The monoisotopic (exact) mass is 480 g/mol. The Balaban J connectivity index is 1.25. The van der Waals surface area contributed by atoms with Crippen LogP contribution in [0.15, 0.2) is 30.3 Å². The summed E-state index contributed by atoms with van der Waals surface area (Å²) in [5.41, 5.74) is 2.89. The number of hydrogen-bond donors (Lipinski definition) is 2. The molecule has 4 rings (SSSR count). The molecule has 0 bridgehead atoms. The van der Waals surface area contributed by atoms with Gasteiger partial charge in [0, 0.05) is 51.8 Å². The summed E-state index contributed by atoms with van der Waals surface area (Å²) < 4.78 is 1.63. The number of benzene rings is 1. The Hall–Kier alpha value is -3.20. The van der Waals surface area contributed by atoms with Crippen molar-refractivity contribution in [1.82, 2.24) is 30.2 Å². The molecule has 3 heterocycles. The molecule has 9 heteroatoms. The van der Waals surface area contributed by atoms with Crippen molar-refractivity contribution in [3.05, 3.63) is 52.8 Å². The minimum atomic E-state index is -0.370. The van der Waals surface area contributed by atoms with Gasteiger partial charge in [-0.15, -0.1) is 0 Å². The van der Waals surface area contributed by atoms with E-state index in [1.807, 2.05) is 36.1 Å². The molecule has 2 N–H and O–H groups in total. The van der Waals surface area contributed by atoms with Crippen LogP contribution in [0, 0.1) is 6.92 Å². The largest absolute Gasteiger partial charge is 0.355 e. The van der Waals surface area contributed by atoms with E-state index in [1.54, 1.807) is 10.7 Å². The molecule has 2 aromatic rings. The van der Waals surface area contributed by atoms with E-state index in [-0.39, 0.29) is 36.4 Å². The van der Waals surface area contributed by atoms with Gasteiger partial charge in [0.05, 0.1) is 0 Å². The van der Waals surface area contributed by atoms with Crippen molar-refractivity contribution in [2.24, 2.45) is 0 Å². The van der Waals surface area contributed by atoms with Gasteiger partial charge in [-0.25, -0.2) is 0 Å². The van der Waals surface area contributed by atoms with E-state index in [0.717, 1.165) is 37.2 Å². The molecule has 1 aromatic carbocycles. The van der Waals surface area contributed by atoms with E-state index in [2.05, 4.69) is 20.6 Å². The third kappa shape index (κ3) is 6.69. The van der Waals surface area contributed by atoms with E-state index < -0.39 is 0 Å². The summed E-state index contributed by atoms with van der Waals surface area (Å²) in [5.74, 6) is -0.569. The SMILES string of the molecule is Cc1ccccc1CN1CCCn2nc(C(=O)NCCC(=O)NCCN3CCCCC3)cc2C1=O. The maximum Gasteiger partial charge on any atom is 0.272 e. The number of aromatic nitrogens is 2. The van der Waals surface area contributed by atoms with Crippen molar-refractivity contribution in [1.29, 1.82) is 0 Å². The van der Waals surface area contributed by atoms with Gasteiger partial charge in [0.15, 0.2) is 5.69 Å². The molecule has 2 aliphatic rings. The van der Waals surface area contributed by atoms with Gasteiger partial charge in [0.25, 0.3) is 11.8 Å². The third-order valence-corrected chi connectivity index (χ3v) is 6.78. The number of amides is 3. The van der Waals surface area contributed by atoms with Crippen LogP contribution >= 0.6 is 0 Å². The first-order valence-electron chi connectivity index (χ1n) is 12.7. The van der Waals surface area contributed by atoms with Crippen LogP contribution in [0.4, 0.5) is 0 Å². The van der Waals surface area contributed by atoms with E-state index in [1.165, 1.54) is 19.3 Å². The molecule has 0 radical (unpaired) electrons. The number of aryl methyl sites for hydroxylation is 2. The Morgan fingerprint density at radius 2 is 1.77 bits per heavy atom. The topological polar surface area (TPSA) is 99.6 Å². The van der Waals surface area contributed by atoms with E-state index in [0.29, 0.717) is 31.9 Å². The normalized spacial score (nSPS) is 16.5. The van der Waals surface area contributed by atoms with Gasteiger partial charge in [0.1, 0.15) is 5.69 Å². The van der Waals surface area contributed by atoms with Crippen LogP contribution in [0.2, 0.25) is 0 Å². The lowest BCUT2D eigenvalue weighted by Gasteiger charge is -2.26. The van der Waals surface area contributed by atoms with Gasteiger partial charge < -0.3 is 20.4 Å². The van der Waals surface area contributed by atoms with Crippen molar-refractivity contribution >= 4 is 17.7 Å². The lowest BCUT2D eigenvalue weighted by Crippen LogP contribution is -2.38. The Kier molecular flexibility index (Phi) is 8.52. The number of carbonyl (C=O) groups is 3. The molecular formula is C26H36N6O3. The highest BCUT2D eigenvalue weighted by atomic mass is 16.2. The minimum absolute atomic E-state index is 0.0787. The van der Waals surface area contributed by atoms with E-state index in [4.69, 9.17) is 0 Å². The van der Waals surface area contributed by atoms with Crippen LogP contribution < -0.4 is 10.6 Å². The summed E-state index contributed by atoms with van der Waals surface area (Å²) >= 11 is 0. The molecule has 3 amide bonds. The first kappa shape index (κ1) is 24.9. The summed E-state index contributed by atoms with van der Waals surface area (Å²) in [5, 5.41) is 10.1. The fourth-order valence-electron chi connectivity index (χ4n) is 4.69. The standard InChI is InChI=1S/C26H36N6O3/c1-20-8-3-4-9-21(20)19-31-15-7-16-32-23(26(31)35)18-22(29-32)25(34)28-11-10-24(33)27-12-17-30-13-5-2-6-14-30/h3-4,8-9,18H,2,5-7,10-17,19H2,1H3,(H,27,33)(H,28,34). The highest BCUT2D eigenvalue weighted by Gasteiger charge is 2.26. The molecule has 1 fully saturated rings. The van der Waals surface area contributed by atoms with Crippen LogP contribution in [0.1, 0.15) is 64.2 Å². The number of carbonyl (C=O) groups excluding carboxylic acids is 3. The average molecular weight is 481 g/mol. The number of nitrogens with one attached hydrogen (secondary N) is 2. The quantitative estimate of drug-likeness (QED) is 0.572. The van der Waals surface area contributed by atoms with Crippen molar-refractivity contribution in [2.75, 3.05) is 39.3 Å². The number of hydrogen-bond acceptors (Lipinski definition) is 5. The second kappa shape index (κ2) is 12.0. The number of rotatable bonds is 9. The maximum atomic E-state index is 13.2. The van der Waals surface area contributed by atoms with Gasteiger partial charge in [-0.05, 0) is 50.4 Å². The first-order chi connectivity index (χ1) is 17.0. The number of likely N-dealkylation sites (tertiary alicyclic amines) is 1. The molecule has 188 valence electrons. The highest BCUT2D eigenvalue weighted by Crippen LogP contribution is 2.18. The van der Waals surface area contributed by atoms with E-state index in [9.17, 15) is 14.4 Å². The number of nitrogens with zero attached hydrogens (tertiary/aromatic N) is 4. The average Bonchev–Trinajstić information content (AvgIpc) is 3.23. The lowest BCUT2D eigenvalue weighted by atomic mass is 10.1. The molecule has 2 aliphatic heterocycles. The Morgan fingerprint density at radius 1 is 0.971 bits per heavy atom. The zero-order valence-electron chi connectivity index (χ0n) is 20.6. The van der Waals surface area contributed by atoms with Gasteiger partial charge in [-0.2, -0.15) is 5.10 Å². The molecule has 0 unspecified atom stereocenters. The van der Waals surface area contributed by atoms with Crippen molar-refractivity contribution in [3.8, 4) is 0 Å². The van der Waals surface area contributed by atoms with Crippen LogP contribution in [0.5, 0.6) is 0 Å². The highest BCUT2D eigenvalue weighted by molar-refractivity contribution is 5.98. The molecule has 9 nitrogen and oxygen atoms in total. The number of fused-ring (bicyclic) bond motifs is 1. The zero-order chi connectivity index (χ0) is 24.6. The molecule has 0 atom stereocenters. The molecule has 1 aromatic heterocycles. The third-order valence-electron chi connectivity index (χ3n) is 6.78. The second-order valence-corrected chi connectivity index (χ2v) is 9.40. The zero-order valence-corrected chi connectivity index (χ0v) is 20.6. The molecule has 35 heavy (non-hydrogen) atoms. The van der Waals surface area contributed by atoms with Crippen LogP contribution in [0.25, 0.3) is 0 Å². The molecular weight excluding hydrogens is 444 g/mol. The van der Waals surface area contributed by atoms with Crippen molar-refractivity contribution in [2.45, 2.75) is 52.1 Å². The fourth-order valence-corrected chi connectivity index (χ4v) is 4.69. The van der Waals surface area contributed by atoms with Gasteiger partial charge in [-0.3, -0.25) is 19.1 Å². The predicted molar refractivity (Wildman–Crippen MR) is 133 cm³/mol. The summed E-state index contributed by atoms with van der Waals surface area (Å²) in [7, 11) is 0. The van der Waals surface area contributed by atoms with Gasteiger partial charge in [-0.1, -0.05) is 30.7 Å². The first-order valence-corrected chi connectivity index (χ1v) is 12.7. The Morgan fingerprint density at radius 3 is 2.57 bits per heavy atom. The summed E-state index contributed by atoms with van der Waals surface area (Å²) in [6.45, 7) is 7.73. The molecule has 1 saturated heterocycles. The van der Waals surface area contributed by atoms with Crippen molar-refractivity contribution in [3.63, 3.8) is 0 Å². The predicted octanol–water partition coefficient (Wildman–Crippen LogP) is 1.96. The Labute approximate surface area is 206 Å². The Bertz CT molecular complexity index is 1040. The summed E-state index contributed by atoms with van der Waals surface area (Å²) in [6, 6.07) is 9.61.